The molecule has 1 saturated heterocycles. The highest BCUT2D eigenvalue weighted by atomic mass is 16.5. The smallest absolute Gasteiger partial charge is 0.223 e. The average Bonchev–Trinajstić information content (AvgIpc) is 2.99. The molecule has 1 aromatic heterocycles. The number of amides is 1. The molecule has 1 atom stereocenters. The van der Waals surface area contributed by atoms with Crippen molar-refractivity contribution in [2.45, 2.75) is 18.9 Å². The van der Waals surface area contributed by atoms with Gasteiger partial charge >= 0.3 is 0 Å². The summed E-state index contributed by atoms with van der Waals surface area (Å²) in [6.07, 6.45) is 3.35. The van der Waals surface area contributed by atoms with E-state index in [1.807, 2.05) is 42.4 Å². The molecule has 0 radical (unpaired) electrons. The molecule has 4 heteroatoms. The molecule has 3 rings (SSSR count). The van der Waals surface area contributed by atoms with Crippen molar-refractivity contribution in [1.82, 2.24) is 9.47 Å². The van der Waals surface area contributed by atoms with Gasteiger partial charge in [-0.05, 0) is 24.1 Å². The summed E-state index contributed by atoms with van der Waals surface area (Å²) in [5.41, 5.74) is 2.34. The SMILES string of the molecule is Cn1cccc1[C@H]1COCCN1C(=O)CCc1ccccc1. The highest BCUT2D eigenvalue weighted by Crippen LogP contribution is 2.25. The minimum absolute atomic E-state index is 0.0250. The van der Waals surface area contributed by atoms with Crippen molar-refractivity contribution in [2.75, 3.05) is 19.8 Å². The lowest BCUT2D eigenvalue weighted by Gasteiger charge is -2.36. The zero-order valence-electron chi connectivity index (χ0n) is 12.9. The van der Waals surface area contributed by atoms with E-state index in [0.717, 1.165) is 12.1 Å². The number of carbonyl (C=O) groups excluding carboxylic acids is 1. The topological polar surface area (TPSA) is 34.5 Å². The Morgan fingerprint density at radius 3 is 2.77 bits per heavy atom. The summed E-state index contributed by atoms with van der Waals surface area (Å²) in [5.74, 6) is 0.207. The number of rotatable bonds is 4. The summed E-state index contributed by atoms with van der Waals surface area (Å²) in [6, 6.07) is 14.3. The monoisotopic (exact) mass is 298 g/mol. The lowest BCUT2D eigenvalue weighted by Crippen LogP contribution is -2.44. The predicted molar refractivity (Wildman–Crippen MR) is 85.4 cm³/mol. The van der Waals surface area contributed by atoms with Crippen LogP contribution in [-0.2, 0) is 23.0 Å². The summed E-state index contributed by atoms with van der Waals surface area (Å²) in [6.45, 7) is 1.87. The van der Waals surface area contributed by atoms with Crippen LogP contribution in [0.4, 0.5) is 0 Å². The minimum atomic E-state index is 0.0250. The van der Waals surface area contributed by atoms with Crippen molar-refractivity contribution in [3.8, 4) is 0 Å². The van der Waals surface area contributed by atoms with Gasteiger partial charge in [-0.2, -0.15) is 0 Å². The molecule has 0 spiro atoms. The van der Waals surface area contributed by atoms with Crippen LogP contribution in [0.15, 0.2) is 48.7 Å². The van der Waals surface area contributed by atoms with Crippen LogP contribution in [0.3, 0.4) is 0 Å². The van der Waals surface area contributed by atoms with Crippen LogP contribution in [0.5, 0.6) is 0 Å². The van der Waals surface area contributed by atoms with Gasteiger partial charge in [-0.25, -0.2) is 0 Å². The third-order valence-electron chi connectivity index (χ3n) is 4.24. The Balaban J connectivity index is 1.68. The van der Waals surface area contributed by atoms with Crippen LogP contribution >= 0.6 is 0 Å². The molecule has 2 heterocycles. The maximum absolute atomic E-state index is 12.6. The van der Waals surface area contributed by atoms with Crippen molar-refractivity contribution in [3.63, 3.8) is 0 Å². The van der Waals surface area contributed by atoms with E-state index in [4.69, 9.17) is 4.74 Å². The third-order valence-corrected chi connectivity index (χ3v) is 4.24. The average molecular weight is 298 g/mol. The van der Waals surface area contributed by atoms with E-state index < -0.39 is 0 Å². The van der Waals surface area contributed by atoms with Gasteiger partial charge < -0.3 is 14.2 Å². The Hall–Kier alpha value is -2.07. The van der Waals surface area contributed by atoms with Crippen LogP contribution < -0.4 is 0 Å². The fraction of sp³-hybridized carbons (Fsp3) is 0.389. The van der Waals surface area contributed by atoms with Crippen LogP contribution in [0.25, 0.3) is 0 Å². The number of aromatic nitrogens is 1. The van der Waals surface area contributed by atoms with Crippen molar-refractivity contribution >= 4 is 5.91 Å². The highest BCUT2D eigenvalue weighted by Gasteiger charge is 2.29. The van der Waals surface area contributed by atoms with E-state index >= 15 is 0 Å². The molecule has 2 aromatic rings. The third kappa shape index (κ3) is 3.22. The van der Waals surface area contributed by atoms with Crippen LogP contribution in [-0.4, -0.2) is 35.1 Å². The Morgan fingerprint density at radius 2 is 2.05 bits per heavy atom. The van der Waals surface area contributed by atoms with Gasteiger partial charge in [0.1, 0.15) is 0 Å². The number of nitrogens with zero attached hydrogens (tertiary/aromatic N) is 2. The van der Waals surface area contributed by atoms with Gasteiger partial charge in [0.2, 0.25) is 5.91 Å². The van der Waals surface area contributed by atoms with Crippen LogP contribution in [0, 0.1) is 0 Å². The molecule has 4 nitrogen and oxygen atoms in total. The van der Waals surface area contributed by atoms with Gasteiger partial charge in [-0.1, -0.05) is 30.3 Å². The summed E-state index contributed by atoms with van der Waals surface area (Å²) in [7, 11) is 2.01. The first kappa shape index (κ1) is 14.9. The second-order valence-electron chi connectivity index (χ2n) is 5.71. The molecule has 1 aromatic carbocycles. The molecule has 1 fully saturated rings. The molecular formula is C18H22N2O2. The number of aryl methyl sites for hydroxylation is 2. The normalized spacial score (nSPS) is 18.4. The zero-order chi connectivity index (χ0) is 15.4. The molecule has 1 aliphatic rings. The number of benzene rings is 1. The van der Waals surface area contributed by atoms with E-state index in [9.17, 15) is 4.79 Å². The molecule has 22 heavy (non-hydrogen) atoms. The Kier molecular flexibility index (Phi) is 4.59. The second kappa shape index (κ2) is 6.79. The summed E-state index contributed by atoms with van der Waals surface area (Å²) in [4.78, 5) is 14.6. The summed E-state index contributed by atoms with van der Waals surface area (Å²) < 4.78 is 7.66. The number of hydrogen-bond acceptors (Lipinski definition) is 2. The first-order valence-electron chi connectivity index (χ1n) is 7.78. The van der Waals surface area contributed by atoms with E-state index in [2.05, 4.69) is 22.8 Å². The first-order valence-corrected chi connectivity index (χ1v) is 7.78. The Morgan fingerprint density at radius 1 is 1.23 bits per heavy atom. The van der Waals surface area contributed by atoms with E-state index in [1.165, 1.54) is 5.56 Å². The maximum Gasteiger partial charge on any atom is 0.223 e. The van der Waals surface area contributed by atoms with Gasteiger partial charge in [-0.15, -0.1) is 0 Å². The molecule has 0 unspecified atom stereocenters. The first-order chi connectivity index (χ1) is 10.8. The standard InChI is InChI=1S/C18H22N2O2/c1-19-11-5-8-16(19)17-14-22-13-12-20(17)18(21)10-9-15-6-3-2-4-7-15/h2-8,11,17H,9-10,12-14H2,1H3/t17-/m1/s1. The number of hydrogen-bond donors (Lipinski definition) is 0. The Bertz CT molecular complexity index is 621. The minimum Gasteiger partial charge on any atom is -0.377 e. The summed E-state index contributed by atoms with van der Waals surface area (Å²) >= 11 is 0. The number of carbonyl (C=O) groups is 1. The molecule has 0 bridgehead atoms. The summed E-state index contributed by atoms with van der Waals surface area (Å²) in [5, 5.41) is 0. The molecule has 1 aliphatic heterocycles. The number of ether oxygens (including phenoxy) is 1. The largest absolute Gasteiger partial charge is 0.377 e. The van der Waals surface area contributed by atoms with Crippen molar-refractivity contribution in [2.24, 2.45) is 7.05 Å². The molecular weight excluding hydrogens is 276 g/mol. The van der Waals surface area contributed by atoms with Crippen LogP contribution in [0.2, 0.25) is 0 Å². The molecule has 116 valence electrons. The fourth-order valence-electron chi connectivity index (χ4n) is 3.01. The van der Waals surface area contributed by atoms with Crippen molar-refractivity contribution < 1.29 is 9.53 Å². The van der Waals surface area contributed by atoms with Gasteiger partial charge in [0, 0.05) is 31.9 Å². The van der Waals surface area contributed by atoms with Crippen molar-refractivity contribution in [3.05, 3.63) is 59.9 Å². The van der Waals surface area contributed by atoms with Gasteiger partial charge in [0.25, 0.3) is 0 Å². The molecule has 0 N–H and O–H groups in total. The maximum atomic E-state index is 12.6. The van der Waals surface area contributed by atoms with Gasteiger partial charge in [-0.3, -0.25) is 4.79 Å². The Labute approximate surface area is 131 Å². The zero-order valence-corrected chi connectivity index (χ0v) is 12.9. The quantitative estimate of drug-likeness (QED) is 0.869. The number of morpholine rings is 1. The van der Waals surface area contributed by atoms with E-state index in [1.54, 1.807) is 0 Å². The lowest BCUT2D eigenvalue weighted by atomic mass is 10.1. The van der Waals surface area contributed by atoms with Gasteiger partial charge in [0.05, 0.1) is 19.3 Å². The fourth-order valence-corrected chi connectivity index (χ4v) is 3.01. The second-order valence-corrected chi connectivity index (χ2v) is 5.71. The van der Waals surface area contributed by atoms with E-state index in [0.29, 0.717) is 26.2 Å². The van der Waals surface area contributed by atoms with Gasteiger partial charge in [0.15, 0.2) is 0 Å². The predicted octanol–water partition coefficient (Wildman–Crippen LogP) is 2.56. The van der Waals surface area contributed by atoms with E-state index in [-0.39, 0.29) is 11.9 Å². The molecule has 0 aliphatic carbocycles. The lowest BCUT2D eigenvalue weighted by molar-refractivity contribution is -0.140. The van der Waals surface area contributed by atoms with Crippen molar-refractivity contribution in [1.29, 1.82) is 0 Å². The van der Waals surface area contributed by atoms with Crippen LogP contribution in [0.1, 0.15) is 23.7 Å². The highest BCUT2D eigenvalue weighted by molar-refractivity contribution is 5.77. The molecule has 0 saturated carbocycles. The molecule has 1 amide bonds.